The molecule has 0 heterocycles. The summed E-state index contributed by atoms with van der Waals surface area (Å²) in [4.78, 5) is 23.8. The first kappa shape index (κ1) is 18.7. The smallest absolute Gasteiger partial charge is 0.408 e. The Balaban J connectivity index is 1.49. The molecule has 1 unspecified atom stereocenters. The van der Waals surface area contributed by atoms with Gasteiger partial charge in [0.2, 0.25) is 0 Å². The number of alkyl carbamates (subject to hydrolysis) is 1. The molecule has 0 aliphatic heterocycles. The molecular weight excluding hydrogens is 373 g/mol. The second-order valence-electron chi connectivity index (χ2n) is 6.80. The zero-order valence-corrected chi connectivity index (χ0v) is 15.3. The third kappa shape index (κ3) is 3.69. The van der Waals surface area contributed by atoms with E-state index in [0.717, 1.165) is 28.3 Å². The molecule has 0 saturated heterocycles. The van der Waals surface area contributed by atoms with Crippen LogP contribution in [0.25, 0.3) is 11.1 Å². The lowest BCUT2D eigenvalue weighted by Gasteiger charge is -2.17. The highest BCUT2D eigenvalue weighted by Gasteiger charge is 2.30. The van der Waals surface area contributed by atoms with Gasteiger partial charge in [-0.1, -0.05) is 60.7 Å². The van der Waals surface area contributed by atoms with Crippen LogP contribution in [0.3, 0.4) is 0 Å². The standard InChI is InChI=1S/C23H18FNO4/c24-15-7-5-6-14(12-15)21(22(26)27)25-23(28)29-13-20-18-10-3-1-8-16(18)17-9-2-4-11-19(17)20/h1-12,20-21H,13H2,(H,25,28)(H,26,27). The van der Waals surface area contributed by atoms with E-state index in [-0.39, 0.29) is 18.1 Å². The summed E-state index contributed by atoms with van der Waals surface area (Å²) in [5.74, 6) is -2.02. The van der Waals surface area contributed by atoms with Crippen molar-refractivity contribution in [1.82, 2.24) is 5.32 Å². The number of aliphatic carboxylic acids is 1. The summed E-state index contributed by atoms with van der Waals surface area (Å²) < 4.78 is 18.8. The molecular formula is C23H18FNO4. The zero-order valence-electron chi connectivity index (χ0n) is 15.3. The zero-order chi connectivity index (χ0) is 20.4. The SMILES string of the molecule is O=C(NC(C(=O)O)c1cccc(F)c1)OCC1c2ccccc2-c2ccccc21. The third-order valence-electron chi connectivity index (χ3n) is 5.03. The molecule has 6 heteroatoms. The number of hydrogen-bond acceptors (Lipinski definition) is 3. The van der Waals surface area contributed by atoms with Crippen molar-refractivity contribution in [3.05, 3.63) is 95.3 Å². The first-order valence-electron chi connectivity index (χ1n) is 9.14. The van der Waals surface area contributed by atoms with Gasteiger partial charge < -0.3 is 15.2 Å². The van der Waals surface area contributed by atoms with Gasteiger partial charge in [-0.05, 0) is 39.9 Å². The highest BCUT2D eigenvalue weighted by atomic mass is 19.1. The predicted octanol–water partition coefficient (Wildman–Crippen LogP) is 4.49. The Kier molecular flexibility index (Phi) is 4.99. The van der Waals surface area contributed by atoms with Gasteiger partial charge in [-0.3, -0.25) is 0 Å². The number of nitrogens with one attached hydrogen (secondary N) is 1. The monoisotopic (exact) mass is 391 g/mol. The summed E-state index contributed by atoms with van der Waals surface area (Å²) in [5.41, 5.74) is 4.44. The Morgan fingerprint density at radius 2 is 1.59 bits per heavy atom. The Morgan fingerprint density at radius 3 is 2.17 bits per heavy atom. The van der Waals surface area contributed by atoms with Crippen molar-refractivity contribution < 1.29 is 23.8 Å². The van der Waals surface area contributed by atoms with E-state index >= 15 is 0 Å². The molecule has 5 nitrogen and oxygen atoms in total. The molecule has 0 aromatic heterocycles. The van der Waals surface area contributed by atoms with Crippen molar-refractivity contribution in [2.24, 2.45) is 0 Å². The Hall–Kier alpha value is -3.67. The van der Waals surface area contributed by atoms with Gasteiger partial charge in [0.15, 0.2) is 6.04 Å². The molecule has 3 aromatic carbocycles. The fourth-order valence-electron chi connectivity index (χ4n) is 3.73. The maximum Gasteiger partial charge on any atom is 0.408 e. The van der Waals surface area contributed by atoms with Gasteiger partial charge in [-0.25, -0.2) is 14.0 Å². The first-order valence-corrected chi connectivity index (χ1v) is 9.14. The summed E-state index contributed by atoms with van der Waals surface area (Å²) >= 11 is 0. The number of carbonyl (C=O) groups excluding carboxylic acids is 1. The van der Waals surface area contributed by atoms with E-state index in [4.69, 9.17) is 4.74 Å². The molecule has 1 aliphatic rings. The number of benzene rings is 3. The predicted molar refractivity (Wildman–Crippen MR) is 105 cm³/mol. The number of fused-ring (bicyclic) bond motifs is 3. The molecule has 3 aromatic rings. The molecule has 2 N–H and O–H groups in total. The molecule has 0 saturated carbocycles. The normalized spacial score (nSPS) is 13.3. The van der Waals surface area contributed by atoms with Gasteiger partial charge in [0, 0.05) is 5.92 Å². The fourth-order valence-corrected chi connectivity index (χ4v) is 3.73. The van der Waals surface area contributed by atoms with Crippen molar-refractivity contribution in [3.8, 4) is 11.1 Å². The number of hydrogen-bond donors (Lipinski definition) is 2. The largest absolute Gasteiger partial charge is 0.479 e. The lowest BCUT2D eigenvalue weighted by atomic mass is 9.98. The number of carbonyl (C=O) groups is 2. The molecule has 4 rings (SSSR count). The number of ether oxygens (including phenoxy) is 1. The van der Waals surface area contributed by atoms with E-state index in [1.165, 1.54) is 18.2 Å². The van der Waals surface area contributed by atoms with Crippen LogP contribution in [-0.2, 0) is 9.53 Å². The molecule has 1 aliphatic carbocycles. The van der Waals surface area contributed by atoms with Crippen molar-refractivity contribution in [2.45, 2.75) is 12.0 Å². The van der Waals surface area contributed by atoms with Crippen LogP contribution in [0.5, 0.6) is 0 Å². The lowest BCUT2D eigenvalue weighted by Crippen LogP contribution is -2.34. The summed E-state index contributed by atoms with van der Waals surface area (Å²) in [7, 11) is 0. The number of carboxylic acid groups (broad SMARTS) is 1. The number of rotatable bonds is 5. The van der Waals surface area contributed by atoms with E-state index in [1.54, 1.807) is 0 Å². The molecule has 0 bridgehead atoms. The minimum Gasteiger partial charge on any atom is -0.479 e. The minimum atomic E-state index is -1.40. The number of carboxylic acids is 1. The van der Waals surface area contributed by atoms with Gasteiger partial charge in [0.25, 0.3) is 0 Å². The van der Waals surface area contributed by atoms with Crippen LogP contribution in [-0.4, -0.2) is 23.8 Å². The van der Waals surface area contributed by atoms with E-state index in [2.05, 4.69) is 5.32 Å². The summed E-state index contributed by atoms with van der Waals surface area (Å²) in [6.07, 6.45) is -0.872. The maximum atomic E-state index is 13.4. The van der Waals surface area contributed by atoms with Crippen LogP contribution < -0.4 is 5.32 Å². The fraction of sp³-hybridized carbons (Fsp3) is 0.130. The van der Waals surface area contributed by atoms with Crippen molar-refractivity contribution >= 4 is 12.1 Å². The highest BCUT2D eigenvalue weighted by Crippen LogP contribution is 2.44. The lowest BCUT2D eigenvalue weighted by molar-refractivity contribution is -0.139. The number of amides is 1. The molecule has 146 valence electrons. The van der Waals surface area contributed by atoms with Crippen LogP contribution >= 0.6 is 0 Å². The van der Waals surface area contributed by atoms with Crippen LogP contribution in [0.1, 0.15) is 28.7 Å². The van der Waals surface area contributed by atoms with Crippen molar-refractivity contribution in [3.63, 3.8) is 0 Å². The first-order chi connectivity index (χ1) is 14.0. The Labute approximate surface area is 166 Å². The van der Waals surface area contributed by atoms with Gasteiger partial charge in [0.05, 0.1) is 0 Å². The number of halogens is 1. The van der Waals surface area contributed by atoms with Crippen LogP contribution in [0.4, 0.5) is 9.18 Å². The third-order valence-corrected chi connectivity index (χ3v) is 5.03. The van der Waals surface area contributed by atoms with E-state index in [9.17, 15) is 19.1 Å². The second-order valence-corrected chi connectivity index (χ2v) is 6.80. The molecule has 0 fully saturated rings. The Morgan fingerprint density at radius 1 is 0.966 bits per heavy atom. The maximum absolute atomic E-state index is 13.4. The molecule has 1 atom stereocenters. The molecule has 0 spiro atoms. The summed E-state index contributed by atoms with van der Waals surface area (Å²) in [6.45, 7) is 0.0648. The highest BCUT2D eigenvalue weighted by molar-refractivity contribution is 5.82. The van der Waals surface area contributed by atoms with Crippen LogP contribution in [0.15, 0.2) is 72.8 Å². The topological polar surface area (TPSA) is 75.6 Å². The summed E-state index contributed by atoms with van der Waals surface area (Å²) in [5, 5.41) is 11.7. The second kappa shape index (κ2) is 7.75. The van der Waals surface area contributed by atoms with Crippen molar-refractivity contribution in [1.29, 1.82) is 0 Å². The molecule has 0 radical (unpaired) electrons. The minimum absolute atomic E-state index is 0.0648. The molecule has 29 heavy (non-hydrogen) atoms. The van der Waals surface area contributed by atoms with Gasteiger partial charge >= 0.3 is 12.1 Å². The van der Waals surface area contributed by atoms with Gasteiger partial charge in [-0.2, -0.15) is 0 Å². The van der Waals surface area contributed by atoms with E-state index in [1.807, 2.05) is 48.5 Å². The molecule has 1 amide bonds. The van der Waals surface area contributed by atoms with E-state index in [0.29, 0.717) is 0 Å². The van der Waals surface area contributed by atoms with E-state index < -0.39 is 23.9 Å². The van der Waals surface area contributed by atoms with Crippen molar-refractivity contribution in [2.75, 3.05) is 6.61 Å². The van der Waals surface area contributed by atoms with Crippen LogP contribution in [0.2, 0.25) is 0 Å². The van der Waals surface area contributed by atoms with Gasteiger partial charge in [0.1, 0.15) is 12.4 Å². The quantitative estimate of drug-likeness (QED) is 0.672. The average Bonchev–Trinajstić information content (AvgIpc) is 3.04. The Bertz CT molecular complexity index is 1040. The average molecular weight is 391 g/mol. The summed E-state index contributed by atoms with van der Waals surface area (Å²) in [6, 6.07) is 19.5. The van der Waals surface area contributed by atoms with Gasteiger partial charge in [-0.15, -0.1) is 0 Å². The van der Waals surface area contributed by atoms with Crippen LogP contribution in [0, 0.1) is 5.82 Å².